The highest BCUT2D eigenvalue weighted by Gasteiger charge is 2.42. The van der Waals surface area contributed by atoms with Crippen LogP contribution in [0.4, 0.5) is 0 Å². The molecule has 0 aromatic heterocycles. The Morgan fingerprint density at radius 2 is 2.30 bits per heavy atom. The average Bonchev–Trinajstić information content (AvgIpc) is 2.37. The van der Waals surface area contributed by atoms with Gasteiger partial charge in [-0.2, -0.15) is 0 Å². The monoisotopic (exact) mass is 139 g/mol. The summed E-state index contributed by atoms with van der Waals surface area (Å²) >= 11 is 0. The summed E-state index contributed by atoms with van der Waals surface area (Å²) < 4.78 is 5.37. The Bertz CT molecular complexity index is 203. The highest BCUT2D eigenvalue weighted by Crippen LogP contribution is 2.47. The van der Waals surface area contributed by atoms with Crippen molar-refractivity contribution in [3.05, 3.63) is 11.5 Å². The smallest absolute Gasteiger partial charge is 0.107 e. The van der Waals surface area contributed by atoms with Crippen LogP contribution in [0.3, 0.4) is 0 Å². The zero-order valence-electron chi connectivity index (χ0n) is 6.31. The van der Waals surface area contributed by atoms with Crippen LogP contribution < -0.4 is 5.11 Å². The largest absolute Gasteiger partial charge is 0.873 e. The van der Waals surface area contributed by atoms with Crippen LogP contribution in [0.25, 0.3) is 0 Å². The zero-order valence-corrected chi connectivity index (χ0v) is 6.31. The van der Waals surface area contributed by atoms with Gasteiger partial charge in [-0.25, -0.2) is 0 Å². The second kappa shape index (κ2) is 1.49. The minimum atomic E-state index is -0.229. The summed E-state index contributed by atoms with van der Waals surface area (Å²) in [6, 6.07) is 0. The Kier molecular flexibility index (Phi) is 0.908. The zero-order chi connectivity index (χ0) is 7.35. The van der Waals surface area contributed by atoms with E-state index in [4.69, 9.17) is 4.74 Å². The molecule has 0 radical (unpaired) electrons. The number of hydrogen-bond acceptors (Lipinski definition) is 2. The first-order chi connectivity index (χ1) is 4.62. The lowest BCUT2D eigenvalue weighted by Gasteiger charge is -2.31. The van der Waals surface area contributed by atoms with Gasteiger partial charge in [-0.3, -0.25) is 0 Å². The molecule has 0 aliphatic carbocycles. The van der Waals surface area contributed by atoms with Crippen molar-refractivity contribution in [2.24, 2.45) is 5.41 Å². The molecule has 2 bridgehead atoms. The molecule has 1 unspecified atom stereocenters. The molecule has 2 rings (SSSR count). The number of allylic oxidation sites excluding steroid dienone is 1. The minimum absolute atomic E-state index is 0.176. The highest BCUT2D eigenvalue weighted by molar-refractivity contribution is 5.21. The summed E-state index contributed by atoms with van der Waals surface area (Å²) in [5.41, 5.74) is -0.229. The van der Waals surface area contributed by atoms with E-state index in [0.717, 1.165) is 18.6 Å². The van der Waals surface area contributed by atoms with Crippen molar-refractivity contribution in [2.75, 3.05) is 0 Å². The Morgan fingerprint density at radius 3 is 2.60 bits per heavy atom. The predicted molar refractivity (Wildman–Crippen MR) is 34.9 cm³/mol. The molecular formula is C8H11O2-. The van der Waals surface area contributed by atoms with E-state index in [9.17, 15) is 5.11 Å². The van der Waals surface area contributed by atoms with E-state index >= 15 is 0 Å². The van der Waals surface area contributed by atoms with E-state index in [1.807, 2.05) is 13.8 Å². The van der Waals surface area contributed by atoms with E-state index in [1.54, 1.807) is 0 Å². The molecule has 0 N–H and O–H groups in total. The summed E-state index contributed by atoms with van der Waals surface area (Å²) in [6.07, 6.45) is 2.08. The molecule has 1 saturated heterocycles. The SMILES string of the molecule is CC1(C)C([O-])=C2CCC1O2. The van der Waals surface area contributed by atoms with Gasteiger partial charge in [-0.05, 0) is 6.42 Å². The minimum Gasteiger partial charge on any atom is -0.873 e. The van der Waals surface area contributed by atoms with E-state index in [-0.39, 0.29) is 17.3 Å². The second-order valence-corrected chi connectivity index (χ2v) is 3.62. The standard InChI is InChI=1S/C8H12O2/c1-8(2)6-4-3-5(10-6)7(8)9/h6,9H,3-4H2,1-2H3/p-1. The summed E-state index contributed by atoms with van der Waals surface area (Å²) in [5.74, 6) is 0.943. The Balaban J connectivity index is 2.44. The first-order valence-electron chi connectivity index (χ1n) is 3.69. The van der Waals surface area contributed by atoms with Crippen LogP contribution in [0.2, 0.25) is 0 Å². The Hall–Kier alpha value is -0.660. The van der Waals surface area contributed by atoms with Crippen molar-refractivity contribution in [1.82, 2.24) is 0 Å². The number of rotatable bonds is 0. The second-order valence-electron chi connectivity index (χ2n) is 3.62. The molecule has 1 fully saturated rings. The lowest BCUT2D eigenvalue weighted by molar-refractivity contribution is -0.324. The first kappa shape index (κ1) is 6.08. The number of fused-ring (bicyclic) bond motifs is 2. The third-order valence-corrected chi connectivity index (χ3v) is 2.56. The lowest BCUT2D eigenvalue weighted by atomic mass is 9.80. The molecule has 0 aromatic carbocycles. The molecule has 2 nitrogen and oxygen atoms in total. The molecule has 2 aliphatic heterocycles. The van der Waals surface area contributed by atoms with Gasteiger partial charge in [-0.1, -0.05) is 19.6 Å². The van der Waals surface area contributed by atoms with E-state index in [0.29, 0.717) is 0 Å². The van der Waals surface area contributed by atoms with Gasteiger partial charge >= 0.3 is 0 Å². The third kappa shape index (κ3) is 0.498. The van der Waals surface area contributed by atoms with Crippen molar-refractivity contribution in [1.29, 1.82) is 0 Å². The summed E-state index contributed by atoms with van der Waals surface area (Å²) in [4.78, 5) is 0. The normalized spacial score (nSPS) is 34.8. The summed E-state index contributed by atoms with van der Waals surface area (Å²) in [6.45, 7) is 3.93. The Morgan fingerprint density at radius 1 is 1.60 bits per heavy atom. The summed E-state index contributed by atoms with van der Waals surface area (Å²) in [7, 11) is 0. The van der Waals surface area contributed by atoms with Gasteiger partial charge in [0.05, 0.1) is 5.76 Å². The van der Waals surface area contributed by atoms with Gasteiger partial charge in [0.15, 0.2) is 0 Å². The first-order valence-corrected chi connectivity index (χ1v) is 3.69. The Labute approximate surface area is 60.5 Å². The van der Waals surface area contributed by atoms with Crippen LogP contribution in [-0.2, 0) is 4.74 Å². The fourth-order valence-corrected chi connectivity index (χ4v) is 1.73. The van der Waals surface area contributed by atoms with Gasteiger partial charge < -0.3 is 9.84 Å². The maximum Gasteiger partial charge on any atom is 0.107 e. The van der Waals surface area contributed by atoms with Crippen LogP contribution in [0.5, 0.6) is 0 Å². The molecule has 0 amide bonds. The molecular weight excluding hydrogens is 128 g/mol. The van der Waals surface area contributed by atoms with E-state index in [1.165, 1.54) is 0 Å². The molecule has 10 heavy (non-hydrogen) atoms. The predicted octanol–water partition coefficient (Wildman–Crippen LogP) is 0.777. The maximum atomic E-state index is 11.3. The van der Waals surface area contributed by atoms with Crippen molar-refractivity contribution in [3.8, 4) is 0 Å². The molecule has 0 saturated carbocycles. The van der Waals surface area contributed by atoms with Crippen LogP contribution >= 0.6 is 0 Å². The van der Waals surface area contributed by atoms with Crippen LogP contribution in [0.1, 0.15) is 26.7 Å². The van der Waals surface area contributed by atoms with Gasteiger partial charge in [-0.15, -0.1) is 0 Å². The fraction of sp³-hybridized carbons (Fsp3) is 0.750. The summed E-state index contributed by atoms with van der Waals surface area (Å²) in [5, 5.41) is 11.3. The van der Waals surface area contributed by atoms with Crippen molar-refractivity contribution in [3.63, 3.8) is 0 Å². The molecule has 2 heterocycles. The van der Waals surface area contributed by atoms with Crippen molar-refractivity contribution >= 4 is 0 Å². The van der Waals surface area contributed by atoms with E-state index in [2.05, 4.69) is 0 Å². The van der Waals surface area contributed by atoms with Crippen LogP contribution in [-0.4, -0.2) is 6.10 Å². The maximum absolute atomic E-state index is 11.3. The number of ether oxygens (including phenoxy) is 1. The van der Waals surface area contributed by atoms with Gasteiger partial charge in [0.2, 0.25) is 0 Å². The molecule has 0 spiro atoms. The van der Waals surface area contributed by atoms with Crippen molar-refractivity contribution < 1.29 is 9.84 Å². The topological polar surface area (TPSA) is 32.3 Å². The quantitative estimate of drug-likeness (QED) is 0.496. The average molecular weight is 139 g/mol. The molecule has 0 aromatic rings. The van der Waals surface area contributed by atoms with Crippen molar-refractivity contribution in [2.45, 2.75) is 32.8 Å². The fourth-order valence-electron chi connectivity index (χ4n) is 1.73. The van der Waals surface area contributed by atoms with Gasteiger partial charge in [0, 0.05) is 11.8 Å². The molecule has 2 heteroatoms. The third-order valence-electron chi connectivity index (χ3n) is 2.56. The van der Waals surface area contributed by atoms with Gasteiger partial charge in [0.25, 0.3) is 0 Å². The van der Waals surface area contributed by atoms with Crippen LogP contribution in [0.15, 0.2) is 11.5 Å². The van der Waals surface area contributed by atoms with E-state index < -0.39 is 0 Å². The van der Waals surface area contributed by atoms with Crippen LogP contribution in [0, 0.1) is 5.41 Å². The molecule has 2 aliphatic rings. The molecule has 1 atom stereocenters. The number of hydrogen-bond donors (Lipinski definition) is 0. The molecule has 56 valence electrons. The highest BCUT2D eigenvalue weighted by atomic mass is 16.5. The lowest BCUT2D eigenvalue weighted by Crippen LogP contribution is -2.32. The van der Waals surface area contributed by atoms with Gasteiger partial charge in [0.1, 0.15) is 6.10 Å².